The molecule has 0 spiro atoms. The average Bonchev–Trinajstić information content (AvgIpc) is 2.78. The lowest BCUT2D eigenvalue weighted by atomic mass is 9.82. The second kappa shape index (κ2) is 16.3. The fourth-order valence-electron chi connectivity index (χ4n) is 3.65. The van der Waals surface area contributed by atoms with Crippen LogP contribution in [0.15, 0.2) is 36.4 Å². The van der Waals surface area contributed by atoms with Crippen molar-refractivity contribution >= 4 is 36.2 Å². The Morgan fingerprint density at radius 2 is 1.57 bits per heavy atom. The van der Waals surface area contributed by atoms with Gasteiger partial charge in [0.15, 0.2) is 0 Å². The Balaban J connectivity index is 0.0000116. The smallest absolute Gasteiger partial charge is 0.258 e. The molecule has 35 heavy (non-hydrogen) atoms. The molecule has 0 unspecified atom stereocenters. The van der Waals surface area contributed by atoms with Crippen molar-refractivity contribution in [3.8, 4) is 0 Å². The van der Waals surface area contributed by atoms with Crippen LogP contribution in [0.3, 0.4) is 0 Å². The number of carbonyl (C=O) groups excluding carboxylic acids is 3. The van der Waals surface area contributed by atoms with Crippen LogP contribution in [0.5, 0.6) is 0 Å². The van der Waals surface area contributed by atoms with E-state index in [0.717, 1.165) is 5.56 Å². The van der Waals surface area contributed by atoms with Gasteiger partial charge < -0.3 is 5.73 Å². The normalized spacial score (nSPS) is 13.9. The van der Waals surface area contributed by atoms with Gasteiger partial charge in [-0.2, -0.15) is 0 Å². The fraction of sp³-hybridized carbons (Fsp3) is 0.577. The zero-order chi connectivity index (χ0) is 25.8. The SMILES string of the molecule is CC(C)C[C@@H](C(=O)NN(CC(C)C)C(=O)[C@@H](N)C(C)C)[C@H](CC=Cc1ccccc1)C(=O)NO.Cl. The Morgan fingerprint density at radius 1 is 0.971 bits per heavy atom. The summed E-state index contributed by atoms with van der Waals surface area (Å²) in [5, 5.41) is 10.6. The minimum Gasteiger partial charge on any atom is -0.320 e. The molecule has 0 aliphatic rings. The molecule has 198 valence electrons. The molecule has 0 saturated carbocycles. The number of benzene rings is 1. The summed E-state index contributed by atoms with van der Waals surface area (Å²) in [5.41, 5.74) is 11.5. The van der Waals surface area contributed by atoms with Crippen molar-refractivity contribution in [3.63, 3.8) is 0 Å². The van der Waals surface area contributed by atoms with E-state index >= 15 is 0 Å². The number of halogens is 1. The van der Waals surface area contributed by atoms with Crippen LogP contribution in [-0.4, -0.2) is 40.5 Å². The van der Waals surface area contributed by atoms with Crippen LogP contribution >= 0.6 is 12.4 Å². The van der Waals surface area contributed by atoms with Crippen LogP contribution in [0.25, 0.3) is 6.08 Å². The fourth-order valence-corrected chi connectivity index (χ4v) is 3.65. The van der Waals surface area contributed by atoms with Crippen molar-refractivity contribution in [3.05, 3.63) is 42.0 Å². The van der Waals surface area contributed by atoms with E-state index in [4.69, 9.17) is 5.73 Å². The summed E-state index contributed by atoms with van der Waals surface area (Å²) in [6.07, 6.45) is 4.35. The summed E-state index contributed by atoms with van der Waals surface area (Å²) in [4.78, 5) is 39.0. The predicted octanol–water partition coefficient (Wildman–Crippen LogP) is 3.79. The summed E-state index contributed by atoms with van der Waals surface area (Å²) in [5.74, 6) is -2.92. The van der Waals surface area contributed by atoms with Crippen molar-refractivity contribution in [2.45, 2.75) is 60.4 Å². The number of hydrogen-bond acceptors (Lipinski definition) is 5. The van der Waals surface area contributed by atoms with Crippen molar-refractivity contribution in [1.29, 1.82) is 0 Å². The van der Waals surface area contributed by atoms with Gasteiger partial charge in [-0.25, -0.2) is 5.48 Å². The first-order valence-corrected chi connectivity index (χ1v) is 12.0. The lowest BCUT2D eigenvalue weighted by molar-refractivity contribution is -0.148. The van der Waals surface area contributed by atoms with Gasteiger partial charge in [-0.1, -0.05) is 84.0 Å². The number of nitrogens with two attached hydrogens (primary N) is 1. The van der Waals surface area contributed by atoms with E-state index in [2.05, 4.69) is 5.43 Å². The predicted molar refractivity (Wildman–Crippen MR) is 141 cm³/mol. The number of rotatable bonds is 12. The molecule has 3 atom stereocenters. The molecule has 8 nitrogen and oxygen atoms in total. The first-order chi connectivity index (χ1) is 16.0. The van der Waals surface area contributed by atoms with Crippen LogP contribution in [0.1, 0.15) is 59.9 Å². The van der Waals surface area contributed by atoms with E-state index in [1.807, 2.05) is 84.0 Å². The molecule has 0 bridgehead atoms. The maximum Gasteiger partial charge on any atom is 0.258 e. The molecule has 0 heterocycles. The van der Waals surface area contributed by atoms with Crippen molar-refractivity contribution in [2.24, 2.45) is 35.3 Å². The molecule has 3 amide bonds. The molecule has 0 saturated heterocycles. The molecule has 0 fully saturated rings. The first-order valence-electron chi connectivity index (χ1n) is 12.0. The molecule has 0 aliphatic heterocycles. The van der Waals surface area contributed by atoms with Gasteiger partial charge in [0, 0.05) is 6.54 Å². The Hall–Kier alpha value is -2.42. The molecule has 5 N–H and O–H groups in total. The van der Waals surface area contributed by atoms with Crippen molar-refractivity contribution in [1.82, 2.24) is 15.9 Å². The van der Waals surface area contributed by atoms with Gasteiger partial charge in [0.05, 0.1) is 17.9 Å². The standard InChI is InChI=1S/C26H42N4O4.ClH/c1-17(2)15-22(21(25(32)29-34)14-10-13-20-11-8-7-9-12-20)24(31)28-30(16-18(3)4)26(33)23(27)19(5)6;/h7-13,17-19,21-23,34H,14-16,27H2,1-6H3,(H,28,31)(H,29,32);1H/t21-,22+,23-;/m0./s1. The summed E-state index contributed by atoms with van der Waals surface area (Å²) in [7, 11) is 0. The van der Waals surface area contributed by atoms with Crippen LogP contribution in [0.2, 0.25) is 0 Å². The van der Waals surface area contributed by atoms with Crippen molar-refractivity contribution in [2.75, 3.05) is 6.54 Å². The van der Waals surface area contributed by atoms with Crippen LogP contribution in [0.4, 0.5) is 0 Å². The van der Waals surface area contributed by atoms with Crippen LogP contribution in [0, 0.1) is 29.6 Å². The van der Waals surface area contributed by atoms with E-state index < -0.39 is 29.7 Å². The monoisotopic (exact) mass is 510 g/mol. The first kappa shape index (κ1) is 32.6. The molecule has 0 aliphatic carbocycles. The zero-order valence-corrected chi connectivity index (χ0v) is 22.5. The molecule has 1 aromatic carbocycles. The summed E-state index contributed by atoms with van der Waals surface area (Å²) in [6.45, 7) is 11.8. The van der Waals surface area contributed by atoms with E-state index in [9.17, 15) is 19.6 Å². The van der Waals surface area contributed by atoms with Crippen molar-refractivity contribution < 1.29 is 19.6 Å². The lowest BCUT2D eigenvalue weighted by Crippen LogP contribution is -2.57. The third kappa shape index (κ3) is 11.2. The van der Waals surface area contributed by atoms with E-state index in [1.165, 1.54) is 5.01 Å². The number of nitrogens with zero attached hydrogens (tertiary/aromatic N) is 1. The molecule has 9 heteroatoms. The Labute approximate surface area is 216 Å². The maximum atomic E-state index is 13.4. The van der Waals surface area contributed by atoms with Gasteiger partial charge in [-0.05, 0) is 36.2 Å². The van der Waals surface area contributed by atoms with Gasteiger partial charge >= 0.3 is 0 Å². The van der Waals surface area contributed by atoms with Crippen LogP contribution < -0.4 is 16.6 Å². The highest BCUT2D eigenvalue weighted by molar-refractivity contribution is 5.90. The summed E-state index contributed by atoms with van der Waals surface area (Å²) >= 11 is 0. The Kier molecular flexibility index (Phi) is 15.2. The maximum absolute atomic E-state index is 13.4. The van der Waals surface area contributed by atoms with Gasteiger partial charge in [-0.3, -0.25) is 30.0 Å². The second-order valence-electron chi connectivity index (χ2n) is 9.96. The molecular weight excluding hydrogens is 468 g/mol. The number of carbonyl (C=O) groups is 3. The number of allylic oxidation sites excluding steroid dienone is 1. The Morgan fingerprint density at radius 3 is 2.06 bits per heavy atom. The van der Waals surface area contributed by atoms with E-state index in [0.29, 0.717) is 13.0 Å². The second-order valence-corrected chi connectivity index (χ2v) is 9.96. The van der Waals surface area contributed by atoms with E-state index in [-0.39, 0.29) is 42.5 Å². The lowest BCUT2D eigenvalue weighted by Gasteiger charge is -2.32. The number of hydrogen-bond donors (Lipinski definition) is 4. The quantitative estimate of drug-likeness (QED) is 0.251. The zero-order valence-electron chi connectivity index (χ0n) is 21.7. The summed E-state index contributed by atoms with van der Waals surface area (Å²) in [6, 6.07) is 8.85. The molecular formula is C26H43ClN4O4. The number of hydrazine groups is 1. The third-order valence-electron chi connectivity index (χ3n) is 5.56. The third-order valence-corrected chi connectivity index (χ3v) is 5.56. The molecule has 0 radical (unpaired) electrons. The highest BCUT2D eigenvalue weighted by Crippen LogP contribution is 2.26. The number of amides is 3. The number of nitrogens with one attached hydrogen (secondary N) is 2. The topological polar surface area (TPSA) is 125 Å². The molecule has 1 aromatic rings. The number of hydroxylamine groups is 1. The Bertz CT molecular complexity index is 815. The molecule has 1 rings (SSSR count). The minimum absolute atomic E-state index is 0. The van der Waals surface area contributed by atoms with Gasteiger partial charge in [0.1, 0.15) is 0 Å². The largest absolute Gasteiger partial charge is 0.320 e. The van der Waals surface area contributed by atoms with Gasteiger partial charge in [0.2, 0.25) is 11.8 Å². The average molecular weight is 511 g/mol. The van der Waals surface area contributed by atoms with Crippen LogP contribution in [-0.2, 0) is 14.4 Å². The molecule has 0 aromatic heterocycles. The summed E-state index contributed by atoms with van der Waals surface area (Å²) < 4.78 is 0. The minimum atomic E-state index is -0.817. The highest BCUT2D eigenvalue weighted by Gasteiger charge is 2.35. The van der Waals surface area contributed by atoms with Gasteiger partial charge in [-0.15, -0.1) is 12.4 Å². The highest BCUT2D eigenvalue weighted by atomic mass is 35.5. The van der Waals surface area contributed by atoms with Gasteiger partial charge in [0.25, 0.3) is 5.91 Å². The van der Waals surface area contributed by atoms with E-state index in [1.54, 1.807) is 5.48 Å².